The molecule has 0 spiro atoms. The normalized spacial score (nSPS) is 15.6. The minimum absolute atomic E-state index is 0.0162. The van der Waals surface area contributed by atoms with Gasteiger partial charge in [0.05, 0.1) is 0 Å². The first-order valence-corrected chi connectivity index (χ1v) is 2.34. The third-order valence-electron chi connectivity index (χ3n) is 0.777. The van der Waals surface area contributed by atoms with E-state index < -0.39 is 7.12 Å². The molecule has 2 N–H and O–H groups in total. The van der Waals surface area contributed by atoms with Gasteiger partial charge >= 0.3 is 7.12 Å². The van der Waals surface area contributed by atoms with E-state index in [1.54, 1.807) is 0 Å². The predicted octanol–water partition coefficient (Wildman–Crippen LogP) is -0.642. The fourth-order valence-corrected chi connectivity index (χ4v) is 0.394. The second-order valence-corrected chi connectivity index (χ2v) is 1.42. The second-order valence-electron chi connectivity index (χ2n) is 1.42. The van der Waals surface area contributed by atoms with Crippen molar-refractivity contribution in [1.29, 1.82) is 0 Å². The zero-order chi connectivity index (χ0) is 6.69. The molecule has 0 saturated carbocycles. The van der Waals surface area contributed by atoms with Gasteiger partial charge in [-0.3, -0.25) is 0 Å². The third-order valence-corrected chi connectivity index (χ3v) is 0.777. The van der Waals surface area contributed by atoms with Crippen LogP contribution in [0.25, 0.3) is 0 Å². The highest BCUT2D eigenvalue weighted by molar-refractivity contribution is 6.49. The molecule has 0 aromatic heterocycles. The maximum Gasteiger partial charge on any atom is 0.529 e. The number of rotatable bonds is 1. The molecule has 0 unspecified atom stereocenters. The maximum atomic E-state index is 8.43. The Balaban J connectivity index is 2.50. The molecule has 1 rings (SSSR count). The molecular formula is C4H5BO4. The zero-order valence-corrected chi connectivity index (χ0v) is 4.52. The molecule has 48 valence electrons. The molecule has 9 heavy (non-hydrogen) atoms. The van der Waals surface area contributed by atoms with Gasteiger partial charge in [-0.1, -0.05) is 0 Å². The monoisotopic (exact) mass is 128 g/mol. The van der Waals surface area contributed by atoms with Gasteiger partial charge in [0.15, 0.2) is 5.66 Å². The summed E-state index contributed by atoms with van der Waals surface area (Å²) in [6.45, 7) is 0. The van der Waals surface area contributed by atoms with Crippen LogP contribution in [0.15, 0.2) is 24.4 Å². The summed E-state index contributed by atoms with van der Waals surface area (Å²) in [6.07, 6.45) is 3.62. The standard InChI is InChI=1S/C4H5BO4/c6-5(7)4-3-8-1-2-9-4/h1-3,6-7H. The topological polar surface area (TPSA) is 58.9 Å². The Labute approximate surface area is 52.2 Å². The Kier molecular flexibility index (Phi) is 1.76. The summed E-state index contributed by atoms with van der Waals surface area (Å²) >= 11 is 0. The zero-order valence-electron chi connectivity index (χ0n) is 4.52. The van der Waals surface area contributed by atoms with E-state index in [0.717, 1.165) is 6.26 Å². The summed E-state index contributed by atoms with van der Waals surface area (Å²) in [6, 6.07) is 0. The van der Waals surface area contributed by atoms with Crippen molar-refractivity contribution in [2.75, 3.05) is 0 Å². The molecule has 1 aliphatic heterocycles. The smallest absolute Gasteiger partial charge is 0.467 e. The Morgan fingerprint density at radius 1 is 1.33 bits per heavy atom. The van der Waals surface area contributed by atoms with Crippen molar-refractivity contribution in [1.82, 2.24) is 0 Å². The number of hydrogen-bond donors (Lipinski definition) is 2. The highest BCUT2D eigenvalue weighted by Crippen LogP contribution is 2.04. The minimum atomic E-state index is -1.60. The SMILES string of the molecule is OB(O)C1=COC=CO1. The number of hydrogen-bond acceptors (Lipinski definition) is 4. The van der Waals surface area contributed by atoms with Crippen LogP contribution in [0, 0.1) is 0 Å². The Hall–Kier alpha value is -0.935. The summed E-state index contributed by atoms with van der Waals surface area (Å²) in [7, 11) is -1.60. The molecule has 4 nitrogen and oxygen atoms in total. The quantitative estimate of drug-likeness (QED) is 0.461. The predicted molar refractivity (Wildman–Crippen MR) is 29.6 cm³/mol. The fraction of sp³-hybridized carbons (Fsp3) is 0. The van der Waals surface area contributed by atoms with Crippen molar-refractivity contribution in [3.8, 4) is 0 Å². The molecule has 0 radical (unpaired) electrons. The molecular weight excluding hydrogens is 123 g/mol. The maximum absolute atomic E-state index is 8.43. The third kappa shape index (κ3) is 1.48. The molecule has 1 aliphatic rings. The highest BCUT2D eigenvalue weighted by atomic mass is 16.5. The van der Waals surface area contributed by atoms with Crippen molar-refractivity contribution in [2.45, 2.75) is 0 Å². The van der Waals surface area contributed by atoms with Crippen LogP contribution in [-0.2, 0) is 9.47 Å². The van der Waals surface area contributed by atoms with E-state index in [1.807, 2.05) is 0 Å². The molecule has 0 aromatic rings. The first-order valence-electron chi connectivity index (χ1n) is 2.34. The van der Waals surface area contributed by atoms with Gasteiger partial charge in [-0.25, -0.2) is 0 Å². The molecule has 0 saturated heterocycles. The molecule has 5 heteroatoms. The average Bonchev–Trinajstić information content (AvgIpc) is 1.90. The van der Waals surface area contributed by atoms with E-state index in [1.165, 1.54) is 12.5 Å². The van der Waals surface area contributed by atoms with Crippen molar-refractivity contribution >= 4 is 7.12 Å². The molecule has 0 amide bonds. The summed E-state index contributed by atoms with van der Waals surface area (Å²) < 4.78 is 9.15. The van der Waals surface area contributed by atoms with Crippen LogP contribution in [-0.4, -0.2) is 17.2 Å². The molecule has 0 fully saturated rings. The van der Waals surface area contributed by atoms with Gasteiger partial charge in [-0.15, -0.1) is 0 Å². The average molecular weight is 128 g/mol. The van der Waals surface area contributed by atoms with E-state index in [9.17, 15) is 0 Å². The minimum Gasteiger partial charge on any atom is -0.467 e. The largest absolute Gasteiger partial charge is 0.529 e. The lowest BCUT2D eigenvalue weighted by atomic mass is 9.89. The molecule has 0 aliphatic carbocycles. The van der Waals surface area contributed by atoms with Gasteiger partial charge in [0.25, 0.3) is 0 Å². The van der Waals surface area contributed by atoms with Crippen LogP contribution in [0.3, 0.4) is 0 Å². The van der Waals surface area contributed by atoms with Gasteiger partial charge in [-0.05, 0) is 0 Å². The van der Waals surface area contributed by atoms with E-state index in [0.29, 0.717) is 0 Å². The summed E-state index contributed by atoms with van der Waals surface area (Å²) in [5.41, 5.74) is -0.0162. The molecule has 0 atom stereocenters. The summed E-state index contributed by atoms with van der Waals surface area (Å²) in [5, 5.41) is 16.9. The van der Waals surface area contributed by atoms with Gasteiger partial charge in [0, 0.05) is 0 Å². The van der Waals surface area contributed by atoms with Crippen LogP contribution in [0.5, 0.6) is 0 Å². The lowest BCUT2D eigenvalue weighted by Crippen LogP contribution is -2.17. The lowest BCUT2D eigenvalue weighted by Gasteiger charge is -2.07. The van der Waals surface area contributed by atoms with E-state index in [2.05, 4.69) is 9.47 Å². The van der Waals surface area contributed by atoms with Crippen LogP contribution < -0.4 is 0 Å². The van der Waals surface area contributed by atoms with Crippen molar-refractivity contribution < 1.29 is 19.5 Å². The van der Waals surface area contributed by atoms with Crippen LogP contribution in [0.2, 0.25) is 0 Å². The Morgan fingerprint density at radius 2 is 2.11 bits per heavy atom. The van der Waals surface area contributed by atoms with Gasteiger partial charge < -0.3 is 19.5 Å². The molecule has 1 heterocycles. The lowest BCUT2D eigenvalue weighted by molar-refractivity contribution is 0.254. The van der Waals surface area contributed by atoms with E-state index in [-0.39, 0.29) is 5.66 Å². The van der Waals surface area contributed by atoms with Gasteiger partial charge in [0.1, 0.15) is 18.8 Å². The molecule has 0 aromatic carbocycles. The summed E-state index contributed by atoms with van der Waals surface area (Å²) in [4.78, 5) is 0. The first-order chi connectivity index (χ1) is 4.30. The van der Waals surface area contributed by atoms with Crippen LogP contribution in [0.4, 0.5) is 0 Å². The Morgan fingerprint density at radius 3 is 2.44 bits per heavy atom. The van der Waals surface area contributed by atoms with Crippen molar-refractivity contribution in [3.05, 3.63) is 24.4 Å². The van der Waals surface area contributed by atoms with Crippen LogP contribution >= 0.6 is 0 Å². The summed E-state index contributed by atoms with van der Waals surface area (Å²) in [5.74, 6) is 0. The van der Waals surface area contributed by atoms with Crippen molar-refractivity contribution in [3.63, 3.8) is 0 Å². The number of ether oxygens (including phenoxy) is 2. The first kappa shape index (κ1) is 6.19. The highest BCUT2D eigenvalue weighted by Gasteiger charge is 2.17. The Bertz CT molecular complexity index is 151. The molecule has 0 bridgehead atoms. The van der Waals surface area contributed by atoms with Gasteiger partial charge in [0.2, 0.25) is 0 Å². The van der Waals surface area contributed by atoms with Crippen LogP contribution in [0.1, 0.15) is 0 Å². The van der Waals surface area contributed by atoms with E-state index in [4.69, 9.17) is 10.0 Å². The van der Waals surface area contributed by atoms with E-state index >= 15 is 0 Å². The van der Waals surface area contributed by atoms with Crippen molar-refractivity contribution in [2.24, 2.45) is 0 Å². The fourth-order valence-electron chi connectivity index (χ4n) is 0.394. The van der Waals surface area contributed by atoms with Gasteiger partial charge in [-0.2, -0.15) is 0 Å². The second kappa shape index (κ2) is 2.57.